The van der Waals surface area contributed by atoms with Gasteiger partial charge in [-0.2, -0.15) is 5.10 Å². The topological polar surface area (TPSA) is 67.2 Å². The number of para-hydroxylation sites is 1. The summed E-state index contributed by atoms with van der Waals surface area (Å²) in [5, 5.41) is 7.69. The van der Waals surface area contributed by atoms with Gasteiger partial charge in [0.1, 0.15) is 0 Å². The predicted molar refractivity (Wildman–Crippen MR) is 118 cm³/mol. The van der Waals surface area contributed by atoms with Gasteiger partial charge in [-0.25, -0.2) is 4.68 Å². The summed E-state index contributed by atoms with van der Waals surface area (Å²) in [5.74, 6) is 0.305. The Morgan fingerprint density at radius 1 is 1.13 bits per heavy atom. The second kappa shape index (κ2) is 9.45. The van der Waals surface area contributed by atoms with Crippen molar-refractivity contribution in [2.75, 3.05) is 19.6 Å². The molecule has 0 unspecified atom stereocenters. The van der Waals surface area contributed by atoms with E-state index in [2.05, 4.69) is 16.6 Å². The maximum atomic E-state index is 12.5. The molecule has 2 heterocycles. The summed E-state index contributed by atoms with van der Waals surface area (Å²) in [7, 11) is 0. The molecule has 0 saturated carbocycles. The predicted octanol–water partition coefficient (Wildman–Crippen LogP) is 3.51. The Morgan fingerprint density at radius 3 is 2.43 bits per heavy atom. The fourth-order valence-corrected chi connectivity index (χ4v) is 3.91. The molecule has 0 radical (unpaired) electrons. The first-order valence-corrected chi connectivity index (χ1v) is 10.9. The number of rotatable bonds is 6. The van der Waals surface area contributed by atoms with Crippen molar-refractivity contribution in [2.45, 2.75) is 53.4 Å². The molecule has 1 aliphatic rings. The quantitative estimate of drug-likeness (QED) is 0.741. The second-order valence-corrected chi connectivity index (χ2v) is 9.23. The molecule has 3 rings (SSSR count). The normalized spacial score (nSPS) is 15.3. The number of carbonyl (C=O) groups is 2. The number of carbonyl (C=O) groups excluding carboxylic acids is 2. The van der Waals surface area contributed by atoms with E-state index in [4.69, 9.17) is 0 Å². The molecule has 0 aliphatic carbocycles. The first-order chi connectivity index (χ1) is 14.3. The molecule has 2 aromatic rings. The zero-order valence-electron chi connectivity index (χ0n) is 18.6. The van der Waals surface area contributed by atoms with Gasteiger partial charge in [0.15, 0.2) is 0 Å². The van der Waals surface area contributed by atoms with Crippen LogP contribution in [0, 0.1) is 18.3 Å². The van der Waals surface area contributed by atoms with Gasteiger partial charge in [-0.15, -0.1) is 0 Å². The molecule has 0 spiro atoms. The van der Waals surface area contributed by atoms with Gasteiger partial charge in [-0.3, -0.25) is 9.59 Å². The van der Waals surface area contributed by atoms with Gasteiger partial charge in [0.05, 0.1) is 11.4 Å². The van der Waals surface area contributed by atoms with Gasteiger partial charge in [-0.05, 0) is 50.3 Å². The molecular formula is C24H34N4O2. The van der Waals surface area contributed by atoms with Crippen molar-refractivity contribution >= 4 is 11.8 Å². The number of amides is 2. The van der Waals surface area contributed by atoms with Crippen LogP contribution in [0.5, 0.6) is 0 Å². The lowest BCUT2D eigenvalue weighted by atomic mass is 9.90. The van der Waals surface area contributed by atoms with E-state index in [0.29, 0.717) is 19.6 Å². The van der Waals surface area contributed by atoms with Crippen LogP contribution in [0.2, 0.25) is 0 Å². The number of nitrogens with zero attached hydrogens (tertiary/aromatic N) is 3. The van der Waals surface area contributed by atoms with E-state index in [0.717, 1.165) is 37.1 Å². The monoisotopic (exact) mass is 410 g/mol. The average Bonchev–Trinajstić information content (AvgIpc) is 3.11. The molecule has 162 valence electrons. The van der Waals surface area contributed by atoms with E-state index in [9.17, 15) is 9.59 Å². The summed E-state index contributed by atoms with van der Waals surface area (Å²) in [6, 6.07) is 10.1. The molecule has 0 atom stereocenters. The van der Waals surface area contributed by atoms with Crippen LogP contribution in [-0.2, 0) is 16.0 Å². The molecule has 6 heteroatoms. The van der Waals surface area contributed by atoms with Crippen LogP contribution in [0.15, 0.2) is 36.5 Å². The van der Waals surface area contributed by atoms with Crippen LogP contribution in [-0.4, -0.2) is 46.1 Å². The standard InChI is InChI=1S/C24H34N4O2/c1-18-20(17-28(26-18)21-10-6-5-7-11-21)9-8-14-25-22(29)19-12-15-27(16-13-19)23(30)24(2,3)4/h5-7,10-11,17,19H,8-9,12-16H2,1-4H3,(H,25,29). The number of likely N-dealkylation sites (tertiary alicyclic amines) is 1. The molecular weight excluding hydrogens is 376 g/mol. The van der Waals surface area contributed by atoms with Crippen LogP contribution < -0.4 is 5.32 Å². The zero-order chi connectivity index (χ0) is 21.7. The van der Waals surface area contributed by atoms with Crippen molar-refractivity contribution < 1.29 is 9.59 Å². The minimum absolute atomic E-state index is 0.0107. The van der Waals surface area contributed by atoms with Crippen molar-refractivity contribution in [3.63, 3.8) is 0 Å². The first-order valence-electron chi connectivity index (χ1n) is 10.9. The third kappa shape index (κ3) is 5.49. The average molecular weight is 411 g/mol. The SMILES string of the molecule is Cc1nn(-c2ccccc2)cc1CCCNC(=O)C1CCN(C(=O)C(C)(C)C)CC1. The molecule has 1 N–H and O–H groups in total. The van der Waals surface area contributed by atoms with Gasteiger partial charge >= 0.3 is 0 Å². The van der Waals surface area contributed by atoms with E-state index < -0.39 is 0 Å². The largest absolute Gasteiger partial charge is 0.356 e. The van der Waals surface area contributed by atoms with Crippen molar-refractivity contribution in [1.29, 1.82) is 0 Å². The van der Waals surface area contributed by atoms with Crippen LogP contribution in [0.3, 0.4) is 0 Å². The Morgan fingerprint density at radius 2 is 1.80 bits per heavy atom. The summed E-state index contributed by atoms with van der Waals surface area (Å²) in [6.45, 7) is 9.87. The van der Waals surface area contributed by atoms with E-state index in [1.165, 1.54) is 5.56 Å². The van der Waals surface area contributed by atoms with Gasteiger partial charge in [0.25, 0.3) is 0 Å². The minimum atomic E-state index is -0.360. The van der Waals surface area contributed by atoms with Gasteiger partial charge < -0.3 is 10.2 Å². The molecule has 1 aromatic heterocycles. The van der Waals surface area contributed by atoms with Crippen LogP contribution in [0.25, 0.3) is 5.69 Å². The highest BCUT2D eigenvalue weighted by Crippen LogP contribution is 2.23. The van der Waals surface area contributed by atoms with Gasteiger partial charge in [0.2, 0.25) is 11.8 Å². The summed E-state index contributed by atoms with van der Waals surface area (Å²) in [5.41, 5.74) is 2.93. The zero-order valence-corrected chi connectivity index (χ0v) is 18.6. The Kier molecular flexibility index (Phi) is 6.95. The van der Waals surface area contributed by atoms with Crippen molar-refractivity contribution in [3.05, 3.63) is 47.8 Å². The maximum absolute atomic E-state index is 12.5. The molecule has 1 aromatic carbocycles. The third-order valence-corrected chi connectivity index (χ3v) is 5.74. The molecule has 6 nitrogen and oxygen atoms in total. The van der Waals surface area contributed by atoms with E-state index in [-0.39, 0.29) is 23.1 Å². The second-order valence-electron chi connectivity index (χ2n) is 9.23. The smallest absolute Gasteiger partial charge is 0.227 e. The number of aromatic nitrogens is 2. The highest BCUT2D eigenvalue weighted by Gasteiger charge is 2.32. The molecule has 1 saturated heterocycles. The van der Waals surface area contributed by atoms with Crippen LogP contribution in [0.1, 0.15) is 51.3 Å². The minimum Gasteiger partial charge on any atom is -0.356 e. The Bertz CT molecular complexity index is 859. The summed E-state index contributed by atoms with van der Waals surface area (Å²) in [6.07, 6.45) is 5.34. The van der Waals surface area contributed by atoms with Crippen molar-refractivity contribution in [1.82, 2.24) is 20.0 Å². The van der Waals surface area contributed by atoms with E-state index in [1.807, 2.05) is 67.6 Å². The summed E-state index contributed by atoms with van der Waals surface area (Å²) >= 11 is 0. The Labute approximate surface area is 179 Å². The lowest BCUT2D eigenvalue weighted by Gasteiger charge is -2.35. The molecule has 30 heavy (non-hydrogen) atoms. The summed E-state index contributed by atoms with van der Waals surface area (Å²) < 4.78 is 1.91. The number of hydrogen-bond donors (Lipinski definition) is 1. The number of benzene rings is 1. The van der Waals surface area contributed by atoms with Gasteiger partial charge in [0, 0.05) is 37.2 Å². The maximum Gasteiger partial charge on any atom is 0.227 e. The Hall–Kier alpha value is -2.63. The van der Waals surface area contributed by atoms with Crippen LogP contribution in [0.4, 0.5) is 0 Å². The van der Waals surface area contributed by atoms with Gasteiger partial charge in [-0.1, -0.05) is 39.0 Å². The summed E-state index contributed by atoms with van der Waals surface area (Å²) in [4.78, 5) is 26.8. The van der Waals surface area contributed by atoms with Crippen LogP contribution >= 0.6 is 0 Å². The van der Waals surface area contributed by atoms with E-state index >= 15 is 0 Å². The fourth-order valence-electron chi connectivity index (χ4n) is 3.91. The molecule has 2 amide bonds. The molecule has 1 aliphatic heterocycles. The fraction of sp³-hybridized carbons (Fsp3) is 0.542. The number of aryl methyl sites for hydroxylation is 2. The molecule has 0 bridgehead atoms. The number of piperidine rings is 1. The van der Waals surface area contributed by atoms with E-state index in [1.54, 1.807) is 0 Å². The third-order valence-electron chi connectivity index (χ3n) is 5.74. The lowest BCUT2D eigenvalue weighted by molar-refractivity contribution is -0.142. The highest BCUT2D eigenvalue weighted by molar-refractivity contribution is 5.82. The first kappa shape index (κ1) is 22.1. The highest BCUT2D eigenvalue weighted by atomic mass is 16.2. The molecule has 1 fully saturated rings. The van der Waals surface area contributed by atoms with Crippen molar-refractivity contribution in [2.24, 2.45) is 11.3 Å². The van der Waals surface area contributed by atoms with Crippen molar-refractivity contribution in [3.8, 4) is 5.69 Å². The lowest BCUT2D eigenvalue weighted by Crippen LogP contribution is -2.46. The number of hydrogen-bond acceptors (Lipinski definition) is 3. The number of nitrogens with one attached hydrogen (secondary N) is 1. The Balaban J connectivity index is 1.41.